The maximum atomic E-state index is 14.0. The Hall–Kier alpha value is -4.11. The number of nitrogens with two attached hydrogens (primary N) is 1. The summed E-state index contributed by atoms with van der Waals surface area (Å²) in [5.74, 6) is -2.84. The summed E-state index contributed by atoms with van der Waals surface area (Å²) in [4.78, 5) is 4.15. The van der Waals surface area contributed by atoms with Crippen LogP contribution >= 0.6 is 0 Å². The average Bonchev–Trinajstić information content (AvgIpc) is 3.56. The maximum Gasteiger partial charge on any atom is 0.251 e. The molecular weight excluding hydrogens is 604 g/mol. The van der Waals surface area contributed by atoms with Gasteiger partial charge in [-0.15, -0.1) is 15.3 Å². The minimum atomic E-state index is -3.71. The van der Waals surface area contributed by atoms with Crippen molar-refractivity contribution in [2.24, 2.45) is 5.41 Å². The number of aliphatic hydroxyl groups excluding tert-OH is 1. The first kappa shape index (κ1) is 29.6. The monoisotopic (exact) mass is 639 g/mol. The molecule has 0 atom stereocenters. The van der Waals surface area contributed by atoms with Gasteiger partial charge in [0.2, 0.25) is 10.0 Å². The number of anilines is 4. The van der Waals surface area contributed by atoms with Crippen molar-refractivity contribution in [2.75, 3.05) is 58.8 Å². The van der Waals surface area contributed by atoms with E-state index in [0.29, 0.717) is 33.4 Å². The Morgan fingerprint density at radius 2 is 1.58 bits per heavy atom. The van der Waals surface area contributed by atoms with Crippen molar-refractivity contribution in [3.8, 4) is 16.9 Å². The second kappa shape index (κ2) is 11.1. The van der Waals surface area contributed by atoms with E-state index in [2.05, 4.69) is 30.1 Å². The highest BCUT2D eigenvalue weighted by molar-refractivity contribution is 7.92. The van der Waals surface area contributed by atoms with E-state index in [4.69, 9.17) is 5.73 Å². The highest BCUT2D eigenvalue weighted by Gasteiger charge is 2.44. The topological polar surface area (TPSA) is 155 Å². The molecule has 238 valence electrons. The number of nitrogen functional groups attached to an aromatic ring is 1. The summed E-state index contributed by atoms with van der Waals surface area (Å²) >= 11 is 0. The van der Waals surface area contributed by atoms with Crippen LogP contribution in [0.1, 0.15) is 38.5 Å². The Morgan fingerprint density at radius 1 is 0.867 bits per heavy atom. The predicted molar refractivity (Wildman–Crippen MR) is 168 cm³/mol. The first-order chi connectivity index (χ1) is 21.5. The molecule has 4 aromatic rings. The Bertz CT molecular complexity index is 1840. The lowest BCUT2D eigenvalue weighted by Gasteiger charge is -2.35. The van der Waals surface area contributed by atoms with Crippen molar-refractivity contribution in [1.82, 2.24) is 25.2 Å². The van der Waals surface area contributed by atoms with Crippen LogP contribution < -0.4 is 20.3 Å². The molecule has 45 heavy (non-hydrogen) atoms. The van der Waals surface area contributed by atoms with Gasteiger partial charge >= 0.3 is 0 Å². The molecule has 2 aliphatic heterocycles. The summed E-state index contributed by atoms with van der Waals surface area (Å²) in [6.45, 7) is 1.56. The van der Waals surface area contributed by atoms with Crippen molar-refractivity contribution >= 4 is 43.8 Å². The molecule has 1 saturated carbocycles. The lowest BCUT2D eigenvalue weighted by atomic mass is 9.93. The van der Waals surface area contributed by atoms with Crippen LogP contribution in [0, 0.1) is 5.41 Å². The number of sulfonamides is 1. The van der Waals surface area contributed by atoms with E-state index in [1.54, 1.807) is 29.1 Å². The van der Waals surface area contributed by atoms with Gasteiger partial charge in [-0.05, 0) is 67.5 Å². The lowest BCUT2D eigenvalue weighted by Crippen LogP contribution is -2.39. The number of aromatic nitrogens is 5. The Morgan fingerprint density at radius 3 is 2.29 bits per heavy atom. The zero-order valence-electron chi connectivity index (χ0n) is 24.7. The van der Waals surface area contributed by atoms with E-state index in [0.717, 1.165) is 42.9 Å². The minimum absolute atomic E-state index is 0.180. The molecule has 0 bridgehead atoms. The number of benzene rings is 2. The van der Waals surface area contributed by atoms with Gasteiger partial charge < -0.3 is 20.6 Å². The smallest absolute Gasteiger partial charge is 0.251 e. The number of piperidine rings is 2. The van der Waals surface area contributed by atoms with Crippen molar-refractivity contribution in [2.45, 2.75) is 44.4 Å². The summed E-state index contributed by atoms with van der Waals surface area (Å²) in [6, 6.07) is 10.8. The fourth-order valence-electron chi connectivity index (χ4n) is 6.42. The van der Waals surface area contributed by atoms with Crippen molar-refractivity contribution in [3.05, 3.63) is 42.6 Å². The number of halogens is 2. The number of fused-ring (bicyclic) bond motifs is 1. The van der Waals surface area contributed by atoms with E-state index in [1.165, 1.54) is 12.8 Å². The van der Waals surface area contributed by atoms with Gasteiger partial charge in [0.15, 0.2) is 0 Å². The van der Waals surface area contributed by atoms with E-state index in [1.807, 2.05) is 23.1 Å². The number of rotatable bonds is 8. The molecule has 4 heterocycles. The normalized spacial score (nSPS) is 19.3. The van der Waals surface area contributed by atoms with Crippen LogP contribution in [0.15, 0.2) is 42.6 Å². The van der Waals surface area contributed by atoms with Crippen LogP contribution in [0.5, 0.6) is 0 Å². The summed E-state index contributed by atoms with van der Waals surface area (Å²) in [7, 11) is -3.71. The van der Waals surface area contributed by atoms with Crippen molar-refractivity contribution in [3.63, 3.8) is 0 Å². The summed E-state index contributed by atoms with van der Waals surface area (Å²) < 4.78 is 57.0. The van der Waals surface area contributed by atoms with Gasteiger partial charge in [0.05, 0.1) is 41.3 Å². The molecule has 12 nitrogen and oxygen atoms in total. The van der Waals surface area contributed by atoms with Gasteiger partial charge in [-0.1, -0.05) is 5.21 Å². The fourth-order valence-corrected chi connectivity index (χ4v) is 7.25. The molecule has 4 N–H and O–H groups in total. The highest BCUT2D eigenvalue weighted by Crippen LogP contribution is 2.54. The lowest BCUT2D eigenvalue weighted by molar-refractivity contribution is -0.0220. The molecule has 0 unspecified atom stereocenters. The van der Waals surface area contributed by atoms with Crippen LogP contribution in [-0.4, -0.2) is 83.2 Å². The van der Waals surface area contributed by atoms with Gasteiger partial charge in [-0.3, -0.25) is 4.72 Å². The number of nitrogens with zero attached hydrogens (tertiary/aromatic N) is 7. The summed E-state index contributed by atoms with van der Waals surface area (Å²) in [6.07, 6.45) is 5.97. The first-order valence-electron chi connectivity index (χ1n) is 15.2. The molecule has 7 rings (SSSR count). The Labute approximate surface area is 259 Å². The van der Waals surface area contributed by atoms with Crippen LogP contribution in [0.3, 0.4) is 0 Å². The van der Waals surface area contributed by atoms with Gasteiger partial charge in [0.25, 0.3) is 5.92 Å². The summed E-state index contributed by atoms with van der Waals surface area (Å²) in [5.41, 5.74) is 10.9. The quantitative estimate of drug-likeness (QED) is 0.259. The molecule has 3 fully saturated rings. The second-order valence-electron chi connectivity index (χ2n) is 12.4. The van der Waals surface area contributed by atoms with Gasteiger partial charge in [-0.2, -0.15) is 0 Å². The molecule has 2 aromatic carbocycles. The van der Waals surface area contributed by atoms with Crippen molar-refractivity contribution in [1.29, 1.82) is 0 Å². The molecular formula is C30H35F2N9O3S. The molecule has 1 spiro atoms. The second-order valence-corrected chi connectivity index (χ2v) is 14.3. The molecule has 2 saturated heterocycles. The molecule has 3 aliphatic rings. The van der Waals surface area contributed by atoms with Crippen LogP contribution in [0.2, 0.25) is 0 Å². The SMILES string of the molecule is Nc1cc2cc(-c3cn(-c4ccc(NS(=O)(=O)CCO)cc4N4CCC5(CC4)CC5)nn3)cc(N3CCC(F)(F)CC3)c2nn1. The third-order valence-corrected chi connectivity index (χ3v) is 10.6. The molecule has 15 heteroatoms. The third kappa shape index (κ3) is 6.10. The van der Waals surface area contributed by atoms with Crippen LogP contribution in [0.25, 0.3) is 27.8 Å². The largest absolute Gasteiger partial charge is 0.395 e. The Balaban J connectivity index is 1.25. The van der Waals surface area contributed by atoms with E-state index >= 15 is 0 Å². The zero-order chi connectivity index (χ0) is 31.4. The van der Waals surface area contributed by atoms with Crippen LogP contribution in [-0.2, 0) is 10.0 Å². The number of alkyl halides is 2. The molecule has 2 aromatic heterocycles. The van der Waals surface area contributed by atoms with Gasteiger partial charge in [-0.25, -0.2) is 21.9 Å². The number of aliphatic hydroxyl groups is 1. The van der Waals surface area contributed by atoms with Crippen molar-refractivity contribution < 1.29 is 22.3 Å². The van der Waals surface area contributed by atoms with Crippen LogP contribution in [0.4, 0.5) is 31.7 Å². The predicted octanol–water partition coefficient (Wildman–Crippen LogP) is 3.81. The van der Waals surface area contributed by atoms with E-state index in [9.17, 15) is 22.3 Å². The van der Waals surface area contributed by atoms with Gasteiger partial charge in [0, 0.05) is 50.0 Å². The first-order valence-corrected chi connectivity index (χ1v) is 16.8. The summed E-state index contributed by atoms with van der Waals surface area (Å²) in [5, 5.41) is 27.1. The molecule has 1 aliphatic carbocycles. The standard InChI is InChI=1S/C30H35F2N9O3S/c31-30(32)7-11-40(12-8-30)26-16-20(15-21-17-27(33)35-36-28(21)26)23-19-41(38-34-23)24-2-1-22(37-45(43,44)14-13-42)18-25(24)39-9-5-29(3-4-29)6-10-39/h1-2,15-19,37,42H,3-14H2,(H2,33,35). The molecule has 0 amide bonds. The molecule has 0 radical (unpaired) electrons. The van der Waals surface area contributed by atoms with Gasteiger partial charge in [0.1, 0.15) is 17.0 Å². The third-order valence-electron chi connectivity index (χ3n) is 9.29. The average molecular weight is 640 g/mol. The minimum Gasteiger partial charge on any atom is -0.395 e. The number of hydrogen-bond donors (Lipinski definition) is 3. The van der Waals surface area contributed by atoms with E-state index < -0.39 is 28.3 Å². The zero-order valence-corrected chi connectivity index (χ0v) is 25.5. The number of hydrogen-bond acceptors (Lipinski definition) is 10. The fraction of sp³-hybridized carbons (Fsp3) is 0.467. The number of nitrogens with one attached hydrogen (secondary N) is 1. The highest BCUT2D eigenvalue weighted by atomic mass is 32.2. The maximum absolute atomic E-state index is 14.0. The Kier molecular flexibility index (Phi) is 7.27. The van der Waals surface area contributed by atoms with E-state index in [-0.39, 0.29) is 31.7 Å².